The SMILES string of the molecule is CC(C)(NC(=O)c1cccs1)c1nc(CC(N)=O)nn1CCO. The van der Waals surface area contributed by atoms with Gasteiger partial charge in [-0.2, -0.15) is 5.10 Å². The molecule has 8 nitrogen and oxygen atoms in total. The van der Waals surface area contributed by atoms with E-state index in [0.29, 0.717) is 10.7 Å². The molecule has 2 heterocycles. The third-order valence-corrected chi connectivity index (χ3v) is 3.96. The Kier molecular flexibility index (Phi) is 5.12. The van der Waals surface area contributed by atoms with Crippen LogP contribution in [0.1, 0.15) is 35.2 Å². The van der Waals surface area contributed by atoms with E-state index >= 15 is 0 Å². The van der Waals surface area contributed by atoms with Gasteiger partial charge in [0.25, 0.3) is 5.91 Å². The summed E-state index contributed by atoms with van der Waals surface area (Å²) >= 11 is 1.34. The molecule has 9 heteroatoms. The van der Waals surface area contributed by atoms with Crippen LogP contribution < -0.4 is 11.1 Å². The summed E-state index contributed by atoms with van der Waals surface area (Å²) in [5.74, 6) is -0.0507. The number of thiophene rings is 1. The van der Waals surface area contributed by atoms with Crippen molar-refractivity contribution >= 4 is 23.2 Å². The van der Waals surface area contributed by atoms with Crippen molar-refractivity contribution in [2.45, 2.75) is 32.4 Å². The summed E-state index contributed by atoms with van der Waals surface area (Å²) in [5, 5.41) is 18.1. The molecule has 0 bridgehead atoms. The Morgan fingerprint density at radius 3 is 2.78 bits per heavy atom. The molecular formula is C14H19N5O3S. The first-order valence-corrected chi connectivity index (χ1v) is 7.91. The lowest BCUT2D eigenvalue weighted by Gasteiger charge is -2.25. The van der Waals surface area contributed by atoms with Crippen LogP contribution in [-0.2, 0) is 23.3 Å². The van der Waals surface area contributed by atoms with Gasteiger partial charge in [0.15, 0.2) is 11.6 Å². The van der Waals surface area contributed by atoms with Crippen molar-refractivity contribution in [1.29, 1.82) is 0 Å². The molecule has 0 unspecified atom stereocenters. The fourth-order valence-electron chi connectivity index (χ4n) is 2.14. The van der Waals surface area contributed by atoms with Crippen LogP contribution in [0.2, 0.25) is 0 Å². The molecule has 0 aliphatic carbocycles. The average molecular weight is 337 g/mol. The van der Waals surface area contributed by atoms with Crippen molar-refractivity contribution in [3.8, 4) is 0 Å². The highest BCUT2D eigenvalue weighted by molar-refractivity contribution is 7.12. The highest BCUT2D eigenvalue weighted by atomic mass is 32.1. The molecule has 4 N–H and O–H groups in total. The number of nitrogens with zero attached hydrogens (tertiary/aromatic N) is 3. The van der Waals surface area contributed by atoms with E-state index < -0.39 is 11.4 Å². The van der Waals surface area contributed by atoms with Gasteiger partial charge in [0, 0.05) is 0 Å². The minimum absolute atomic E-state index is 0.0968. The minimum atomic E-state index is -0.834. The van der Waals surface area contributed by atoms with Gasteiger partial charge in [-0.05, 0) is 25.3 Å². The first kappa shape index (κ1) is 17.1. The van der Waals surface area contributed by atoms with E-state index in [9.17, 15) is 9.59 Å². The number of carbonyl (C=O) groups excluding carboxylic acids is 2. The summed E-state index contributed by atoms with van der Waals surface area (Å²) in [5.41, 5.74) is 4.33. The zero-order valence-corrected chi connectivity index (χ0v) is 13.8. The van der Waals surface area contributed by atoms with Crippen molar-refractivity contribution in [2.75, 3.05) is 6.61 Å². The second-order valence-electron chi connectivity index (χ2n) is 5.50. The molecule has 0 aliphatic rings. The Bertz CT molecular complexity index is 693. The predicted octanol–water partition coefficient (Wildman–Crippen LogP) is 0.0248. The Balaban J connectivity index is 2.27. The van der Waals surface area contributed by atoms with Gasteiger partial charge in [-0.3, -0.25) is 9.59 Å². The number of aromatic nitrogens is 3. The first-order chi connectivity index (χ1) is 10.8. The number of amides is 2. The molecule has 0 spiro atoms. The fourth-order valence-corrected chi connectivity index (χ4v) is 2.76. The third-order valence-electron chi connectivity index (χ3n) is 3.09. The van der Waals surface area contributed by atoms with Gasteiger partial charge in [0.05, 0.1) is 30.0 Å². The molecule has 0 fully saturated rings. The van der Waals surface area contributed by atoms with E-state index in [4.69, 9.17) is 10.8 Å². The number of nitrogens with two attached hydrogens (primary N) is 1. The Hall–Kier alpha value is -2.26. The maximum atomic E-state index is 12.3. The molecular weight excluding hydrogens is 318 g/mol. The highest BCUT2D eigenvalue weighted by Crippen LogP contribution is 2.20. The van der Waals surface area contributed by atoms with Crippen molar-refractivity contribution in [2.24, 2.45) is 5.73 Å². The van der Waals surface area contributed by atoms with E-state index in [-0.39, 0.29) is 31.3 Å². The largest absolute Gasteiger partial charge is 0.394 e. The van der Waals surface area contributed by atoms with Gasteiger partial charge in [-0.1, -0.05) is 6.07 Å². The van der Waals surface area contributed by atoms with E-state index in [2.05, 4.69) is 15.4 Å². The molecule has 0 saturated carbocycles. The summed E-state index contributed by atoms with van der Waals surface area (Å²) in [6.45, 7) is 3.63. The van der Waals surface area contributed by atoms with Gasteiger partial charge < -0.3 is 16.2 Å². The van der Waals surface area contributed by atoms with Crippen LogP contribution in [-0.4, -0.2) is 38.3 Å². The fraction of sp³-hybridized carbons (Fsp3) is 0.429. The number of primary amides is 1. The standard InChI is InChI=1S/C14H19N5O3S/c1-14(2,17-12(22)9-4-3-7-23-9)13-16-11(8-10(15)21)18-19(13)5-6-20/h3-4,7,20H,5-6,8H2,1-2H3,(H2,15,21)(H,17,22). The summed E-state index contributed by atoms with van der Waals surface area (Å²) in [4.78, 5) is 28.2. The van der Waals surface area contributed by atoms with Crippen molar-refractivity contribution in [3.63, 3.8) is 0 Å². The van der Waals surface area contributed by atoms with Gasteiger partial charge in [-0.15, -0.1) is 11.3 Å². The Morgan fingerprint density at radius 2 is 2.22 bits per heavy atom. The quantitative estimate of drug-likeness (QED) is 0.657. The zero-order valence-electron chi connectivity index (χ0n) is 12.9. The smallest absolute Gasteiger partial charge is 0.262 e. The number of aliphatic hydroxyl groups is 1. The second kappa shape index (κ2) is 6.88. The summed E-state index contributed by atoms with van der Waals surface area (Å²) < 4.78 is 1.48. The number of hydrogen-bond acceptors (Lipinski definition) is 6. The molecule has 0 aliphatic heterocycles. The summed E-state index contributed by atoms with van der Waals surface area (Å²) in [7, 11) is 0. The maximum absolute atomic E-state index is 12.3. The van der Waals surface area contributed by atoms with Crippen LogP contribution in [0.5, 0.6) is 0 Å². The zero-order chi connectivity index (χ0) is 17.0. The normalized spacial score (nSPS) is 11.4. The monoisotopic (exact) mass is 337 g/mol. The lowest BCUT2D eigenvalue weighted by Crippen LogP contribution is -2.43. The molecule has 2 aromatic heterocycles. The summed E-state index contributed by atoms with van der Waals surface area (Å²) in [6, 6.07) is 3.53. The van der Waals surface area contributed by atoms with Crippen LogP contribution in [0, 0.1) is 0 Å². The van der Waals surface area contributed by atoms with Crippen LogP contribution >= 0.6 is 11.3 Å². The minimum Gasteiger partial charge on any atom is -0.394 e. The number of carbonyl (C=O) groups is 2. The van der Waals surface area contributed by atoms with Gasteiger partial charge in [0.2, 0.25) is 5.91 Å². The Morgan fingerprint density at radius 1 is 1.48 bits per heavy atom. The molecule has 0 radical (unpaired) electrons. The lowest BCUT2D eigenvalue weighted by molar-refractivity contribution is -0.117. The molecule has 0 saturated heterocycles. The van der Waals surface area contributed by atoms with Crippen LogP contribution in [0.15, 0.2) is 17.5 Å². The molecule has 0 atom stereocenters. The van der Waals surface area contributed by atoms with Gasteiger partial charge >= 0.3 is 0 Å². The van der Waals surface area contributed by atoms with E-state index in [0.717, 1.165) is 0 Å². The lowest BCUT2D eigenvalue weighted by atomic mass is 10.0. The molecule has 0 aromatic carbocycles. The number of aliphatic hydroxyl groups excluding tert-OH is 1. The van der Waals surface area contributed by atoms with E-state index in [1.807, 2.05) is 5.38 Å². The van der Waals surface area contributed by atoms with E-state index in [1.54, 1.807) is 26.0 Å². The molecule has 2 amide bonds. The number of rotatable bonds is 7. The summed E-state index contributed by atoms with van der Waals surface area (Å²) in [6.07, 6.45) is -0.0968. The van der Waals surface area contributed by atoms with E-state index in [1.165, 1.54) is 16.0 Å². The molecule has 124 valence electrons. The van der Waals surface area contributed by atoms with Crippen LogP contribution in [0.25, 0.3) is 0 Å². The maximum Gasteiger partial charge on any atom is 0.262 e. The van der Waals surface area contributed by atoms with Gasteiger partial charge in [0.1, 0.15) is 0 Å². The predicted molar refractivity (Wildman–Crippen MR) is 84.8 cm³/mol. The first-order valence-electron chi connectivity index (χ1n) is 7.03. The highest BCUT2D eigenvalue weighted by Gasteiger charge is 2.30. The third kappa shape index (κ3) is 4.14. The van der Waals surface area contributed by atoms with Crippen molar-refractivity contribution in [3.05, 3.63) is 34.0 Å². The van der Waals surface area contributed by atoms with Gasteiger partial charge in [-0.25, -0.2) is 9.67 Å². The number of nitrogens with one attached hydrogen (secondary N) is 1. The van der Waals surface area contributed by atoms with Crippen LogP contribution in [0.3, 0.4) is 0 Å². The molecule has 2 aromatic rings. The average Bonchev–Trinajstić information content (AvgIpc) is 3.07. The molecule has 2 rings (SSSR count). The van der Waals surface area contributed by atoms with Crippen LogP contribution in [0.4, 0.5) is 0 Å². The Labute approximate surface area is 137 Å². The number of hydrogen-bond donors (Lipinski definition) is 3. The topological polar surface area (TPSA) is 123 Å². The van der Waals surface area contributed by atoms with Crippen molar-refractivity contribution in [1.82, 2.24) is 20.1 Å². The van der Waals surface area contributed by atoms with Crippen molar-refractivity contribution < 1.29 is 14.7 Å². The second-order valence-corrected chi connectivity index (χ2v) is 6.45. The molecule has 23 heavy (non-hydrogen) atoms.